The van der Waals surface area contributed by atoms with Crippen LogP contribution in [-0.2, 0) is 0 Å². The van der Waals surface area contributed by atoms with Crippen molar-refractivity contribution in [1.82, 2.24) is 4.98 Å². The number of furan rings is 1. The van der Waals surface area contributed by atoms with Gasteiger partial charge < -0.3 is 4.42 Å². The molecule has 19 heavy (non-hydrogen) atoms. The van der Waals surface area contributed by atoms with Crippen LogP contribution in [0, 0.1) is 6.07 Å². The van der Waals surface area contributed by atoms with Gasteiger partial charge in [0.15, 0.2) is 0 Å². The van der Waals surface area contributed by atoms with Gasteiger partial charge in [0.2, 0.25) is 0 Å². The Kier molecular flexibility index (Phi) is 2.15. The zero-order valence-electron chi connectivity index (χ0n) is 10.1. The molecule has 0 aliphatic carbocycles. The maximum atomic E-state index is 5.80. The van der Waals surface area contributed by atoms with Crippen molar-refractivity contribution >= 4 is 21.9 Å². The van der Waals surface area contributed by atoms with Crippen molar-refractivity contribution in [1.29, 1.82) is 0 Å². The predicted octanol–water partition coefficient (Wildman–Crippen LogP) is 4.45. The summed E-state index contributed by atoms with van der Waals surface area (Å²) < 4.78 is 5.80. The number of benzene rings is 2. The maximum absolute atomic E-state index is 5.80. The van der Waals surface area contributed by atoms with Crippen LogP contribution in [0.3, 0.4) is 0 Å². The minimum Gasteiger partial charge on any atom is -0.456 e. The molecule has 2 heterocycles. The lowest BCUT2D eigenvalue weighted by atomic mass is 10.0. The Hall–Kier alpha value is -2.61. The standard InChI is InChI=1S/C17H10NO/c1-2-6-16-14(5-1)15-10-12(7-8-17(15)19-16)13-4-3-9-18-11-13/h1-4,6-11H. The van der Waals surface area contributed by atoms with Crippen molar-refractivity contribution in [3.63, 3.8) is 0 Å². The summed E-state index contributed by atoms with van der Waals surface area (Å²) in [5.74, 6) is 0. The topological polar surface area (TPSA) is 26.0 Å². The minimum atomic E-state index is 0.876. The Balaban J connectivity index is 2.03. The van der Waals surface area contributed by atoms with Crippen LogP contribution in [0.2, 0.25) is 0 Å². The summed E-state index contributed by atoms with van der Waals surface area (Å²) in [7, 11) is 0. The first-order valence-corrected chi connectivity index (χ1v) is 6.15. The molecule has 4 aromatic rings. The summed E-state index contributed by atoms with van der Waals surface area (Å²) in [4.78, 5) is 4.16. The van der Waals surface area contributed by atoms with E-state index in [-0.39, 0.29) is 0 Å². The SMILES string of the molecule is [c]1cccc2oc3ccc(-c4cccnc4)cc3c12. The van der Waals surface area contributed by atoms with E-state index < -0.39 is 0 Å². The normalized spacial score (nSPS) is 11.2. The zero-order chi connectivity index (χ0) is 12.7. The molecule has 0 amide bonds. The molecule has 2 aromatic carbocycles. The van der Waals surface area contributed by atoms with E-state index in [1.807, 2.05) is 36.5 Å². The van der Waals surface area contributed by atoms with E-state index in [1.165, 1.54) is 0 Å². The number of pyridine rings is 1. The second kappa shape index (κ2) is 3.95. The lowest BCUT2D eigenvalue weighted by molar-refractivity contribution is 0.669. The predicted molar refractivity (Wildman–Crippen MR) is 75.8 cm³/mol. The van der Waals surface area contributed by atoms with Gasteiger partial charge in [-0.25, -0.2) is 0 Å². The molecular formula is C17H10NO. The fraction of sp³-hybridized carbons (Fsp3) is 0. The number of hydrogen-bond acceptors (Lipinski definition) is 2. The smallest absolute Gasteiger partial charge is 0.136 e. The lowest BCUT2D eigenvalue weighted by Gasteiger charge is -2.00. The Morgan fingerprint density at radius 3 is 2.84 bits per heavy atom. The third-order valence-electron chi connectivity index (χ3n) is 3.28. The van der Waals surface area contributed by atoms with Crippen molar-refractivity contribution in [3.05, 3.63) is 67.0 Å². The van der Waals surface area contributed by atoms with Crippen molar-refractivity contribution in [2.75, 3.05) is 0 Å². The van der Waals surface area contributed by atoms with Crippen molar-refractivity contribution in [3.8, 4) is 11.1 Å². The van der Waals surface area contributed by atoms with Gasteiger partial charge in [-0.1, -0.05) is 24.3 Å². The molecule has 0 fully saturated rings. The van der Waals surface area contributed by atoms with Gasteiger partial charge in [0.1, 0.15) is 11.2 Å². The molecule has 2 aromatic heterocycles. The van der Waals surface area contributed by atoms with Crippen molar-refractivity contribution in [2.45, 2.75) is 0 Å². The molecular weight excluding hydrogens is 234 g/mol. The summed E-state index contributed by atoms with van der Waals surface area (Å²) in [5.41, 5.74) is 4.01. The monoisotopic (exact) mass is 244 g/mol. The third kappa shape index (κ3) is 1.61. The van der Waals surface area contributed by atoms with Gasteiger partial charge in [-0.3, -0.25) is 4.98 Å². The zero-order valence-corrected chi connectivity index (χ0v) is 10.1. The highest BCUT2D eigenvalue weighted by atomic mass is 16.3. The van der Waals surface area contributed by atoms with E-state index in [2.05, 4.69) is 29.2 Å². The fourth-order valence-electron chi connectivity index (χ4n) is 2.36. The molecule has 2 heteroatoms. The molecule has 0 aliphatic rings. The average molecular weight is 244 g/mol. The van der Waals surface area contributed by atoms with Crippen LogP contribution in [-0.4, -0.2) is 4.98 Å². The second-order valence-corrected chi connectivity index (χ2v) is 4.46. The van der Waals surface area contributed by atoms with Gasteiger partial charge in [-0.2, -0.15) is 0 Å². The summed E-state index contributed by atoms with van der Waals surface area (Å²) in [6, 6.07) is 19.3. The van der Waals surface area contributed by atoms with Crippen LogP contribution in [0.4, 0.5) is 0 Å². The van der Waals surface area contributed by atoms with Gasteiger partial charge in [0.25, 0.3) is 0 Å². The molecule has 4 rings (SSSR count). The van der Waals surface area contributed by atoms with Gasteiger partial charge in [-0.05, 0) is 35.9 Å². The molecule has 0 spiro atoms. The van der Waals surface area contributed by atoms with Crippen LogP contribution in [0.25, 0.3) is 33.1 Å². The van der Waals surface area contributed by atoms with E-state index >= 15 is 0 Å². The number of hydrogen-bond donors (Lipinski definition) is 0. The van der Waals surface area contributed by atoms with E-state index in [1.54, 1.807) is 6.20 Å². The van der Waals surface area contributed by atoms with Crippen molar-refractivity contribution in [2.24, 2.45) is 0 Å². The number of aromatic nitrogens is 1. The van der Waals surface area contributed by atoms with E-state index in [0.717, 1.165) is 33.1 Å². The van der Waals surface area contributed by atoms with Gasteiger partial charge in [0, 0.05) is 28.7 Å². The largest absolute Gasteiger partial charge is 0.456 e. The molecule has 0 aliphatic heterocycles. The second-order valence-electron chi connectivity index (χ2n) is 4.46. The number of fused-ring (bicyclic) bond motifs is 3. The number of nitrogens with zero attached hydrogens (tertiary/aromatic N) is 1. The molecule has 1 radical (unpaired) electrons. The molecule has 89 valence electrons. The first-order chi connectivity index (χ1) is 9.42. The highest BCUT2D eigenvalue weighted by molar-refractivity contribution is 6.05. The molecule has 0 saturated heterocycles. The highest BCUT2D eigenvalue weighted by Gasteiger charge is 2.07. The molecule has 0 saturated carbocycles. The molecule has 0 N–H and O–H groups in total. The van der Waals surface area contributed by atoms with Gasteiger partial charge in [-0.15, -0.1) is 0 Å². The third-order valence-corrected chi connectivity index (χ3v) is 3.28. The minimum absolute atomic E-state index is 0.876. The van der Waals surface area contributed by atoms with Gasteiger partial charge in [0.05, 0.1) is 0 Å². The molecule has 0 bridgehead atoms. The molecule has 0 atom stereocenters. The summed E-state index contributed by atoms with van der Waals surface area (Å²) in [5, 5.41) is 2.13. The summed E-state index contributed by atoms with van der Waals surface area (Å²) in [6.07, 6.45) is 3.65. The Bertz CT molecular complexity index is 862. The Morgan fingerprint density at radius 1 is 0.947 bits per heavy atom. The number of rotatable bonds is 1. The molecule has 0 unspecified atom stereocenters. The molecule has 2 nitrogen and oxygen atoms in total. The van der Waals surface area contributed by atoms with Gasteiger partial charge >= 0.3 is 0 Å². The van der Waals surface area contributed by atoms with E-state index in [4.69, 9.17) is 4.42 Å². The van der Waals surface area contributed by atoms with Crippen LogP contribution in [0.1, 0.15) is 0 Å². The lowest BCUT2D eigenvalue weighted by Crippen LogP contribution is -1.78. The highest BCUT2D eigenvalue weighted by Crippen LogP contribution is 2.31. The first-order valence-electron chi connectivity index (χ1n) is 6.15. The van der Waals surface area contributed by atoms with Crippen LogP contribution >= 0.6 is 0 Å². The summed E-state index contributed by atoms with van der Waals surface area (Å²) >= 11 is 0. The average Bonchev–Trinajstić information content (AvgIpc) is 2.86. The van der Waals surface area contributed by atoms with E-state index in [0.29, 0.717) is 0 Å². The Labute approximate surface area is 110 Å². The van der Waals surface area contributed by atoms with Crippen molar-refractivity contribution < 1.29 is 4.42 Å². The van der Waals surface area contributed by atoms with Crippen LogP contribution < -0.4 is 0 Å². The van der Waals surface area contributed by atoms with Crippen LogP contribution in [0.5, 0.6) is 0 Å². The quantitative estimate of drug-likeness (QED) is 0.494. The van der Waals surface area contributed by atoms with Crippen LogP contribution in [0.15, 0.2) is 65.3 Å². The van der Waals surface area contributed by atoms with E-state index in [9.17, 15) is 0 Å². The maximum Gasteiger partial charge on any atom is 0.136 e. The fourth-order valence-corrected chi connectivity index (χ4v) is 2.36. The first kappa shape index (κ1) is 10.3. The Morgan fingerprint density at radius 2 is 1.95 bits per heavy atom. The summed E-state index contributed by atoms with van der Waals surface area (Å²) in [6.45, 7) is 0.